The Morgan fingerprint density at radius 2 is 2.00 bits per heavy atom. The molecule has 1 aromatic heterocycles. The summed E-state index contributed by atoms with van der Waals surface area (Å²) in [6, 6.07) is 12.3. The van der Waals surface area contributed by atoms with Gasteiger partial charge in [0.15, 0.2) is 5.82 Å². The predicted molar refractivity (Wildman–Crippen MR) is 95.0 cm³/mol. The maximum absolute atomic E-state index is 11.2. The molecule has 8 heteroatoms. The molecule has 0 aliphatic rings. The van der Waals surface area contributed by atoms with Crippen molar-refractivity contribution < 1.29 is 9.90 Å². The number of carboxylic acid groups (broad SMARTS) is 1. The van der Waals surface area contributed by atoms with Crippen LogP contribution in [-0.4, -0.2) is 31.3 Å². The summed E-state index contributed by atoms with van der Waals surface area (Å²) in [6.45, 7) is 2.00. The summed E-state index contributed by atoms with van der Waals surface area (Å²) in [5, 5.41) is 24.1. The Morgan fingerprint density at radius 1 is 1.24 bits per heavy atom. The normalized spacial score (nSPS) is 11.0. The Balaban J connectivity index is 1.83. The van der Waals surface area contributed by atoms with Crippen LogP contribution in [-0.2, 0) is 0 Å². The van der Waals surface area contributed by atoms with Gasteiger partial charge >= 0.3 is 5.97 Å². The fourth-order valence-corrected chi connectivity index (χ4v) is 2.37. The van der Waals surface area contributed by atoms with Crippen molar-refractivity contribution in [1.82, 2.24) is 20.2 Å². The topological polar surface area (TPSA) is 92.9 Å². The van der Waals surface area contributed by atoms with E-state index in [0.29, 0.717) is 16.5 Å². The van der Waals surface area contributed by atoms with E-state index in [0.717, 1.165) is 11.3 Å². The summed E-state index contributed by atoms with van der Waals surface area (Å²) in [5.41, 5.74) is 2.46. The number of halogens is 1. The molecule has 126 valence electrons. The predicted octanol–water partition coefficient (Wildman–Crippen LogP) is 3.41. The number of aromatic carboxylic acids is 1. The van der Waals surface area contributed by atoms with Crippen molar-refractivity contribution in [3.8, 4) is 5.69 Å². The molecule has 1 heterocycles. The number of carboxylic acids is 1. The van der Waals surface area contributed by atoms with Gasteiger partial charge in [0.25, 0.3) is 0 Å². The van der Waals surface area contributed by atoms with Gasteiger partial charge in [0, 0.05) is 17.3 Å². The molecule has 0 saturated heterocycles. The molecule has 0 amide bonds. The minimum Gasteiger partial charge on any atom is -0.478 e. The lowest BCUT2D eigenvalue weighted by Gasteiger charge is -2.06. The molecule has 0 radical (unpaired) electrons. The van der Waals surface area contributed by atoms with E-state index in [2.05, 4.69) is 20.8 Å². The van der Waals surface area contributed by atoms with E-state index < -0.39 is 5.97 Å². The van der Waals surface area contributed by atoms with Crippen molar-refractivity contribution in [1.29, 1.82) is 0 Å². The summed E-state index contributed by atoms with van der Waals surface area (Å²) in [5.74, 6) is -0.549. The minimum atomic E-state index is -1.04. The number of rotatable bonds is 5. The number of hydrogen-bond donors (Lipinski definition) is 2. The highest BCUT2D eigenvalue weighted by molar-refractivity contribution is 6.31. The van der Waals surface area contributed by atoms with Gasteiger partial charge in [0.2, 0.25) is 0 Å². The average molecular weight is 356 g/mol. The summed E-state index contributed by atoms with van der Waals surface area (Å²) >= 11 is 5.92. The van der Waals surface area contributed by atoms with Gasteiger partial charge in [-0.15, -0.1) is 5.10 Å². The van der Waals surface area contributed by atoms with E-state index in [9.17, 15) is 9.90 Å². The maximum atomic E-state index is 11.2. The molecule has 0 bridgehead atoms. The average Bonchev–Trinajstić information content (AvgIpc) is 3.04. The van der Waals surface area contributed by atoms with Crippen molar-refractivity contribution >= 4 is 29.3 Å². The quantitative estimate of drug-likeness (QED) is 0.728. The second-order valence-electron chi connectivity index (χ2n) is 5.26. The third-order valence-corrected chi connectivity index (χ3v) is 3.69. The van der Waals surface area contributed by atoms with E-state index in [1.807, 2.05) is 31.2 Å². The standard InChI is InChI=1S/C17H14ClN5O2/c1-11-2-5-13(6-3-11)23-16(20-21-22-23)8-9-19-15-10-12(18)4-7-14(15)17(24)25/h2-10,19H,1H3,(H,24,25)/b9-8-. The first-order valence-corrected chi connectivity index (χ1v) is 7.74. The lowest BCUT2D eigenvalue weighted by atomic mass is 10.2. The molecule has 0 fully saturated rings. The van der Waals surface area contributed by atoms with Crippen LogP contribution in [0.5, 0.6) is 0 Å². The van der Waals surface area contributed by atoms with Crippen molar-refractivity contribution in [3.63, 3.8) is 0 Å². The Labute approximate surface area is 148 Å². The first-order chi connectivity index (χ1) is 12.0. The number of carbonyl (C=O) groups is 1. The van der Waals surface area contributed by atoms with Crippen LogP contribution in [0, 0.1) is 6.92 Å². The van der Waals surface area contributed by atoms with Gasteiger partial charge in [-0.2, -0.15) is 4.68 Å². The molecule has 2 N–H and O–H groups in total. The second kappa shape index (κ2) is 7.14. The third-order valence-electron chi connectivity index (χ3n) is 3.46. The Bertz CT molecular complexity index is 934. The molecule has 2 aromatic carbocycles. The summed E-state index contributed by atoms with van der Waals surface area (Å²) in [7, 11) is 0. The number of benzene rings is 2. The van der Waals surface area contributed by atoms with Crippen LogP contribution in [0.25, 0.3) is 11.8 Å². The van der Waals surface area contributed by atoms with Crippen molar-refractivity contribution in [2.75, 3.05) is 5.32 Å². The van der Waals surface area contributed by atoms with Crippen LogP contribution in [0.4, 0.5) is 5.69 Å². The van der Waals surface area contributed by atoms with Crippen LogP contribution in [0.15, 0.2) is 48.7 Å². The lowest BCUT2D eigenvalue weighted by Crippen LogP contribution is -2.02. The Kier molecular flexibility index (Phi) is 4.76. The molecule has 7 nitrogen and oxygen atoms in total. The molecular weight excluding hydrogens is 342 g/mol. The van der Waals surface area contributed by atoms with Gasteiger partial charge in [-0.25, -0.2) is 4.79 Å². The first kappa shape index (κ1) is 16.7. The van der Waals surface area contributed by atoms with E-state index in [1.54, 1.807) is 17.0 Å². The largest absolute Gasteiger partial charge is 0.478 e. The molecule has 0 aliphatic carbocycles. The SMILES string of the molecule is Cc1ccc(-n2nnnc2/C=C\Nc2cc(Cl)ccc2C(=O)O)cc1. The van der Waals surface area contributed by atoms with Crippen LogP contribution in [0.2, 0.25) is 5.02 Å². The number of aryl methyl sites for hydroxylation is 1. The Hall–Kier alpha value is -3.19. The number of nitrogens with zero attached hydrogens (tertiary/aromatic N) is 4. The van der Waals surface area contributed by atoms with Gasteiger partial charge in [0.05, 0.1) is 16.9 Å². The second-order valence-corrected chi connectivity index (χ2v) is 5.69. The number of nitrogens with one attached hydrogen (secondary N) is 1. The van der Waals surface area contributed by atoms with Gasteiger partial charge in [-0.3, -0.25) is 0 Å². The zero-order valence-electron chi connectivity index (χ0n) is 13.2. The van der Waals surface area contributed by atoms with Gasteiger partial charge in [-0.1, -0.05) is 29.3 Å². The van der Waals surface area contributed by atoms with Crippen LogP contribution >= 0.6 is 11.6 Å². The van der Waals surface area contributed by atoms with E-state index in [-0.39, 0.29) is 5.56 Å². The maximum Gasteiger partial charge on any atom is 0.337 e. The van der Waals surface area contributed by atoms with Crippen LogP contribution in [0.1, 0.15) is 21.7 Å². The highest BCUT2D eigenvalue weighted by Crippen LogP contribution is 2.21. The molecule has 3 rings (SSSR count). The zero-order chi connectivity index (χ0) is 17.8. The van der Waals surface area contributed by atoms with Crippen molar-refractivity contribution in [3.05, 3.63) is 70.6 Å². The molecule has 3 aromatic rings. The molecule has 25 heavy (non-hydrogen) atoms. The fourth-order valence-electron chi connectivity index (χ4n) is 2.20. The monoisotopic (exact) mass is 355 g/mol. The number of hydrogen-bond acceptors (Lipinski definition) is 5. The van der Waals surface area contributed by atoms with Crippen LogP contribution < -0.4 is 5.32 Å². The highest BCUT2D eigenvalue weighted by atomic mass is 35.5. The van der Waals surface area contributed by atoms with E-state index >= 15 is 0 Å². The summed E-state index contributed by atoms with van der Waals surface area (Å²) < 4.78 is 1.58. The summed E-state index contributed by atoms with van der Waals surface area (Å²) in [4.78, 5) is 11.2. The van der Waals surface area contributed by atoms with Crippen molar-refractivity contribution in [2.45, 2.75) is 6.92 Å². The van der Waals surface area contributed by atoms with Gasteiger partial charge in [0.1, 0.15) is 0 Å². The molecule has 0 atom stereocenters. The number of anilines is 1. The fraction of sp³-hybridized carbons (Fsp3) is 0.0588. The lowest BCUT2D eigenvalue weighted by molar-refractivity contribution is 0.0698. The minimum absolute atomic E-state index is 0.118. The van der Waals surface area contributed by atoms with Crippen LogP contribution in [0.3, 0.4) is 0 Å². The summed E-state index contributed by atoms with van der Waals surface area (Å²) in [6.07, 6.45) is 3.21. The van der Waals surface area contributed by atoms with Gasteiger partial charge < -0.3 is 10.4 Å². The van der Waals surface area contributed by atoms with Crippen molar-refractivity contribution in [2.24, 2.45) is 0 Å². The van der Waals surface area contributed by atoms with Gasteiger partial charge in [-0.05, 0) is 47.7 Å². The van der Waals surface area contributed by atoms with E-state index in [1.165, 1.54) is 18.2 Å². The molecule has 0 unspecified atom stereocenters. The smallest absolute Gasteiger partial charge is 0.337 e. The number of aromatic nitrogens is 4. The first-order valence-electron chi connectivity index (χ1n) is 7.36. The molecule has 0 spiro atoms. The number of tetrazole rings is 1. The highest BCUT2D eigenvalue weighted by Gasteiger charge is 2.10. The Morgan fingerprint density at radius 3 is 2.72 bits per heavy atom. The zero-order valence-corrected chi connectivity index (χ0v) is 14.0. The third kappa shape index (κ3) is 3.84. The molecule has 0 aliphatic heterocycles. The molecular formula is C17H14ClN5O2. The molecule has 0 saturated carbocycles. The van der Waals surface area contributed by atoms with E-state index in [4.69, 9.17) is 11.6 Å².